The molecule has 1 atom stereocenters. The second-order valence-corrected chi connectivity index (χ2v) is 3.99. The van der Waals surface area contributed by atoms with E-state index >= 15 is 0 Å². The summed E-state index contributed by atoms with van der Waals surface area (Å²) in [6.07, 6.45) is -0.257. The average Bonchev–Trinajstić information content (AvgIpc) is 1.64. The van der Waals surface area contributed by atoms with Crippen LogP contribution in [-0.4, -0.2) is 22.5 Å². The van der Waals surface area contributed by atoms with E-state index in [4.69, 9.17) is 21.3 Å². The fourth-order valence-electron chi connectivity index (χ4n) is 0.182. The molecule has 0 bridgehead atoms. The Morgan fingerprint density at radius 1 is 1.67 bits per heavy atom. The number of alkyl halides is 1. The molecule has 0 aromatic heterocycles. The molecule has 4 nitrogen and oxygen atoms in total. The lowest BCUT2D eigenvalue weighted by Crippen LogP contribution is -2.30. The van der Waals surface area contributed by atoms with Crippen LogP contribution < -0.4 is 0 Å². The van der Waals surface area contributed by atoms with Crippen LogP contribution in [0.25, 0.3) is 0 Å². The second kappa shape index (κ2) is 2.42. The Hall–Kier alpha value is 0.160. The van der Waals surface area contributed by atoms with Gasteiger partial charge < -0.3 is 5.11 Å². The van der Waals surface area contributed by atoms with Crippen LogP contribution in [0.1, 0.15) is 13.3 Å². The third kappa shape index (κ3) is 2.09. The quantitative estimate of drug-likeness (QED) is 0.462. The molecule has 0 radical (unpaired) electrons. The predicted molar refractivity (Wildman–Crippen MR) is 32.6 cm³/mol. The number of rotatable bonds is 2. The van der Waals surface area contributed by atoms with E-state index in [1.807, 2.05) is 0 Å². The molecule has 0 aliphatic rings. The number of hydrogen-bond acceptors (Lipinski definition) is 3. The van der Waals surface area contributed by atoms with Crippen molar-refractivity contribution < 1.29 is 18.1 Å². The van der Waals surface area contributed by atoms with E-state index in [1.165, 1.54) is 6.92 Å². The fraction of sp³-hybridized carbons (Fsp3) is 1.00. The van der Waals surface area contributed by atoms with Gasteiger partial charge in [0, 0.05) is 6.42 Å². The van der Waals surface area contributed by atoms with E-state index in [-0.39, 0.29) is 6.42 Å². The van der Waals surface area contributed by atoms with Gasteiger partial charge in [0.1, 0.15) is 0 Å². The third-order valence-corrected chi connectivity index (χ3v) is 2.76. The van der Waals surface area contributed by atoms with Crippen LogP contribution in [0.4, 0.5) is 0 Å². The zero-order chi connectivity index (χ0) is 7.71. The summed E-state index contributed by atoms with van der Waals surface area (Å²) in [5.41, 5.74) is 0. The van der Waals surface area contributed by atoms with Gasteiger partial charge in [-0.1, -0.05) is 18.5 Å². The maximum Gasteiger partial charge on any atom is 0.310 e. The van der Waals surface area contributed by atoms with Crippen LogP contribution in [0.5, 0.6) is 0 Å². The van der Waals surface area contributed by atoms with Crippen molar-refractivity contribution in [1.82, 2.24) is 0 Å². The van der Waals surface area contributed by atoms with Gasteiger partial charge in [-0.15, -0.1) is 0 Å². The first-order valence-corrected chi connectivity index (χ1v) is 4.01. The van der Waals surface area contributed by atoms with Crippen LogP contribution in [0.15, 0.2) is 0 Å². The second-order valence-electron chi connectivity index (χ2n) is 1.52. The Bertz CT molecular complexity index is 182. The summed E-state index contributed by atoms with van der Waals surface area (Å²) in [4.78, 5) is 0. The number of hydrogen-bond donors (Lipinski definition) is 2. The van der Waals surface area contributed by atoms with Crippen molar-refractivity contribution in [2.75, 3.05) is 0 Å². The lowest BCUT2D eigenvalue weighted by atomic mass is 10.5. The van der Waals surface area contributed by atoms with Gasteiger partial charge in [-0.05, 0) is 0 Å². The topological polar surface area (TPSA) is 74.6 Å². The van der Waals surface area contributed by atoms with E-state index in [1.54, 1.807) is 0 Å². The molecule has 0 unspecified atom stereocenters. The molecular weight excluding hydrogens is 168 g/mol. The summed E-state index contributed by atoms with van der Waals surface area (Å²) >= 11 is 4.91. The summed E-state index contributed by atoms with van der Waals surface area (Å²) in [6.45, 7) is 1.33. The highest BCUT2D eigenvalue weighted by molar-refractivity contribution is 7.88. The van der Waals surface area contributed by atoms with Crippen molar-refractivity contribution in [3.8, 4) is 0 Å². The van der Waals surface area contributed by atoms with E-state index in [0.717, 1.165) is 0 Å². The van der Waals surface area contributed by atoms with E-state index < -0.39 is 14.5 Å². The molecule has 0 saturated carbocycles. The zero-order valence-corrected chi connectivity index (χ0v) is 6.28. The van der Waals surface area contributed by atoms with Crippen LogP contribution in [0.3, 0.4) is 0 Å². The highest BCUT2D eigenvalue weighted by atomic mass is 35.5. The van der Waals surface area contributed by atoms with Gasteiger partial charge in [0.05, 0.1) is 0 Å². The average molecular weight is 175 g/mol. The van der Waals surface area contributed by atoms with Gasteiger partial charge in [-0.2, -0.15) is 8.42 Å². The minimum absolute atomic E-state index is 0.257. The highest BCUT2D eigenvalue weighted by Gasteiger charge is 2.36. The summed E-state index contributed by atoms with van der Waals surface area (Å²) in [5.74, 6) is 0. The lowest BCUT2D eigenvalue weighted by molar-refractivity contribution is 0.190. The van der Waals surface area contributed by atoms with Crippen molar-refractivity contribution in [2.24, 2.45) is 0 Å². The first-order valence-electron chi connectivity index (χ1n) is 2.19. The standard InChI is InChI=1S/C3H7ClO4S/c1-2-3(4,5)9(6,7)8/h5H,2H2,1H3,(H,6,7,8)/t3-/m0/s1. The maximum atomic E-state index is 10.1. The lowest BCUT2D eigenvalue weighted by Gasteiger charge is -2.12. The molecule has 0 fully saturated rings. The summed E-state index contributed by atoms with van der Waals surface area (Å²) in [6, 6.07) is 0. The molecule has 0 aliphatic carbocycles. The molecule has 0 aromatic rings. The third-order valence-electron chi connectivity index (χ3n) is 0.831. The minimum Gasteiger partial charge on any atom is -0.361 e. The summed E-state index contributed by atoms with van der Waals surface area (Å²) < 4.78 is 25.7. The summed E-state index contributed by atoms with van der Waals surface area (Å²) in [7, 11) is -4.53. The molecule has 2 N–H and O–H groups in total. The Balaban J connectivity index is 4.56. The number of halogens is 1. The van der Waals surface area contributed by atoms with Gasteiger partial charge in [0.25, 0.3) is 4.39 Å². The van der Waals surface area contributed by atoms with Gasteiger partial charge in [0.15, 0.2) is 0 Å². The minimum atomic E-state index is -4.53. The normalized spacial score (nSPS) is 19.1. The zero-order valence-electron chi connectivity index (χ0n) is 4.70. The van der Waals surface area contributed by atoms with Crippen molar-refractivity contribution in [3.05, 3.63) is 0 Å². The van der Waals surface area contributed by atoms with Gasteiger partial charge in [0.2, 0.25) is 0 Å². The Morgan fingerprint density at radius 3 is 2.00 bits per heavy atom. The van der Waals surface area contributed by atoms with Crippen LogP contribution in [0.2, 0.25) is 0 Å². The van der Waals surface area contributed by atoms with Crippen molar-refractivity contribution in [1.29, 1.82) is 0 Å². The monoisotopic (exact) mass is 174 g/mol. The molecule has 0 saturated heterocycles. The number of aliphatic hydroxyl groups is 1. The Labute approximate surface area is 58.2 Å². The molecule has 0 rings (SSSR count). The predicted octanol–water partition coefficient (Wildman–Crippen LogP) is 0.169. The molecule has 0 heterocycles. The van der Waals surface area contributed by atoms with Crippen molar-refractivity contribution in [2.45, 2.75) is 17.7 Å². The molecule has 6 heteroatoms. The van der Waals surface area contributed by atoms with E-state index in [0.29, 0.717) is 0 Å². The van der Waals surface area contributed by atoms with Crippen molar-refractivity contribution in [3.63, 3.8) is 0 Å². The Morgan fingerprint density at radius 2 is 2.00 bits per heavy atom. The van der Waals surface area contributed by atoms with Gasteiger partial charge >= 0.3 is 10.1 Å². The SMILES string of the molecule is CC[C@@](O)(Cl)S(=O)(=O)O. The van der Waals surface area contributed by atoms with Gasteiger partial charge in [-0.3, -0.25) is 4.55 Å². The van der Waals surface area contributed by atoms with Crippen LogP contribution in [0, 0.1) is 0 Å². The van der Waals surface area contributed by atoms with E-state index in [2.05, 4.69) is 0 Å². The van der Waals surface area contributed by atoms with Crippen LogP contribution in [-0.2, 0) is 10.1 Å². The van der Waals surface area contributed by atoms with Crippen molar-refractivity contribution >= 4 is 21.7 Å². The first kappa shape index (κ1) is 9.16. The molecule has 9 heavy (non-hydrogen) atoms. The van der Waals surface area contributed by atoms with Crippen LogP contribution >= 0.6 is 11.6 Å². The smallest absolute Gasteiger partial charge is 0.310 e. The molecule has 0 aromatic carbocycles. The molecule has 0 spiro atoms. The molecule has 0 aliphatic heterocycles. The Kier molecular flexibility index (Phi) is 2.46. The van der Waals surface area contributed by atoms with Gasteiger partial charge in [-0.25, -0.2) is 0 Å². The molecular formula is C3H7ClO4S. The summed E-state index contributed by atoms with van der Waals surface area (Å²) in [5, 5.41) is 8.59. The molecule has 56 valence electrons. The highest BCUT2D eigenvalue weighted by Crippen LogP contribution is 2.21. The largest absolute Gasteiger partial charge is 0.361 e. The maximum absolute atomic E-state index is 10.1. The molecule has 0 amide bonds. The fourth-order valence-corrected chi connectivity index (χ4v) is 0.547. The first-order chi connectivity index (χ1) is 3.81. The van der Waals surface area contributed by atoms with E-state index in [9.17, 15) is 8.42 Å².